The van der Waals surface area contributed by atoms with Crippen molar-refractivity contribution >= 4 is 5.97 Å². The maximum absolute atomic E-state index is 12.1. The largest absolute Gasteiger partial charge is 0.423 e. The second-order valence-electron chi connectivity index (χ2n) is 10.2. The van der Waals surface area contributed by atoms with Gasteiger partial charge in [0.2, 0.25) is 0 Å². The van der Waals surface area contributed by atoms with E-state index in [1.807, 2.05) is 0 Å². The van der Waals surface area contributed by atoms with Crippen LogP contribution in [0.5, 0.6) is 5.75 Å². The Hall–Kier alpha value is -2.23. The molecule has 0 atom stereocenters. The smallest absolute Gasteiger partial charge is 0.311 e. The molecule has 0 fully saturated rings. The Morgan fingerprint density at radius 3 is 1.64 bits per heavy atom. The monoisotopic (exact) mass is 494 g/mol. The van der Waals surface area contributed by atoms with Gasteiger partial charge >= 0.3 is 5.97 Å². The summed E-state index contributed by atoms with van der Waals surface area (Å²) in [7, 11) is 0. The summed E-state index contributed by atoms with van der Waals surface area (Å²) in [5.41, 5.74) is 2.36. The van der Waals surface area contributed by atoms with Crippen LogP contribution in [0.2, 0.25) is 0 Å². The number of benzene rings is 1. The van der Waals surface area contributed by atoms with Gasteiger partial charge in [-0.1, -0.05) is 134 Å². The van der Waals surface area contributed by atoms with Crippen LogP contribution in [0.15, 0.2) is 36.7 Å². The van der Waals surface area contributed by atoms with Crippen LogP contribution in [0.4, 0.5) is 0 Å². The van der Waals surface area contributed by atoms with Crippen LogP contribution in [0.1, 0.15) is 135 Å². The number of carbonyl (C=O) groups excluding carboxylic acids is 1. The zero-order valence-electron chi connectivity index (χ0n) is 23.1. The van der Waals surface area contributed by atoms with Crippen molar-refractivity contribution < 1.29 is 9.53 Å². The van der Waals surface area contributed by atoms with Gasteiger partial charge in [-0.2, -0.15) is 0 Å². The first-order valence-corrected chi connectivity index (χ1v) is 14.8. The number of rotatable bonds is 21. The van der Waals surface area contributed by atoms with Crippen molar-refractivity contribution in [2.75, 3.05) is 0 Å². The summed E-state index contributed by atoms with van der Waals surface area (Å²) in [6.07, 6.45) is 26.7. The van der Waals surface area contributed by atoms with Gasteiger partial charge in [0.25, 0.3) is 0 Å². The van der Waals surface area contributed by atoms with Crippen LogP contribution >= 0.6 is 0 Å². The van der Waals surface area contributed by atoms with Crippen LogP contribution in [0.3, 0.4) is 0 Å². The third kappa shape index (κ3) is 13.8. The van der Waals surface area contributed by atoms with E-state index in [9.17, 15) is 4.79 Å². The van der Waals surface area contributed by atoms with E-state index in [0.717, 1.165) is 24.8 Å². The van der Waals surface area contributed by atoms with Gasteiger partial charge in [0, 0.05) is 12.0 Å². The fourth-order valence-electron chi connectivity index (χ4n) is 4.56. The fourth-order valence-corrected chi connectivity index (χ4v) is 4.56. The quantitative estimate of drug-likeness (QED) is 0.128. The molecule has 0 aliphatic carbocycles. The second-order valence-corrected chi connectivity index (χ2v) is 10.2. The van der Waals surface area contributed by atoms with Crippen LogP contribution < -0.4 is 4.74 Å². The van der Waals surface area contributed by atoms with Gasteiger partial charge in [-0.25, -0.2) is 9.97 Å². The Bertz CT molecular complexity index is 802. The van der Waals surface area contributed by atoms with Crippen molar-refractivity contribution in [1.29, 1.82) is 0 Å². The normalized spacial score (nSPS) is 11.1. The second kappa shape index (κ2) is 19.9. The first kappa shape index (κ1) is 30.0. The molecule has 2 aromatic rings. The van der Waals surface area contributed by atoms with Crippen LogP contribution in [0.25, 0.3) is 11.4 Å². The maximum atomic E-state index is 12.1. The fraction of sp³-hybridized carbons (Fsp3) is 0.656. The summed E-state index contributed by atoms with van der Waals surface area (Å²) in [6.45, 7) is 4.51. The van der Waals surface area contributed by atoms with Gasteiger partial charge < -0.3 is 4.74 Å². The summed E-state index contributed by atoms with van der Waals surface area (Å²) in [5, 5.41) is 0. The molecule has 1 heterocycles. The third-order valence-electron chi connectivity index (χ3n) is 6.88. The predicted octanol–water partition coefficient (Wildman–Crippen LogP) is 9.65. The number of nitrogens with zero attached hydrogens (tertiary/aromatic N) is 2. The summed E-state index contributed by atoms with van der Waals surface area (Å²) in [5.74, 6) is 0.887. The van der Waals surface area contributed by atoms with E-state index in [-0.39, 0.29) is 5.97 Å². The van der Waals surface area contributed by atoms with Gasteiger partial charge in [0.15, 0.2) is 11.6 Å². The molecule has 0 saturated heterocycles. The topological polar surface area (TPSA) is 52.1 Å². The van der Waals surface area contributed by atoms with Crippen molar-refractivity contribution in [2.45, 2.75) is 136 Å². The molecule has 2 rings (SSSR count). The number of aryl methyl sites for hydroxylation is 1. The number of aromatic nitrogens is 2. The zero-order valence-corrected chi connectivity index (χ0v) is 23.1. The molecule has 0 unspecified atom stereocenters. The number of hydrogen-bond donors (Lipinski definition) is 0. The molecule has 1 aromatic carbocycles. The maximum Gasteiger partial charge on any atom is 0.311 e. The average Bonchev–Trinajstić information content (AvgIpc) is 2.90. The van der Waals surface area contributed by atoms with Gasteiger partial charge in [-0.15, -0.1) is 0 Å². The van der Waals surface area contributed by atoms with Crippen molar-refractivity contribution in [3.8, 4) is 17.1 Å². The lowest BCUT2D eigenvalue weighted by Crippen LogP contribution is -2.08. The molecule has 0 spiro atoms. The Labute approximate surface area is 220 Å². The van der Waals surface area contributed by atoms with E-state index in [1.54, 1.807) is 12.4 Å². The molecule has 1 aromatic heterocycles. The Morgan fingerprint density at radius 1 is 0.639 bits per heavy atom. The highest BCUT2D eigenvalue weighted by Gasteiger charge is 2.07. The predicted molar refractivity (Wildman–Crippen MR) is 151 cm³/mol. The zero-order chi connectivity index (χ0) is 25.7. The first-order chi connectivity index (χ1) is 17.7. The Balaban J connectivity index is 1.60. The van der Waals surface area contributed by atoms with E-state index in [2.05, 4.69) is 48.1 Å². The molecule has 0 aliphatic heterocycles. The van der Waals surface area contributed by atoms with Gasteiger partial charge in [-0.05, 0) is 24.8 Å². The molecule has 0 bridgehead atoms. The van der Waals surface area contributed by atoms with Crippen LogP contribution in [-0.2, 0) is 11.2 Å². The van der Waals surface area contributed by atoms with Gasteiger partial charge in [0.1, 0.15) is 0 Å². The molecule has 0 N–H and O–H groups in total. The number of carbonyl (C=O) groups is 1. The number of ether oxygens (including phenoxy) is 1. The average molecular weight is 495 g/mol. The third-order valence-corrected chi connectivity index (χ3v) is 6.88. The molecule has 0 saturated carbocycles. The van der Waals surface area contributed by atoms with E-state index in [1.165, 1.54) is 102 Å². The van der Waals surface area contributed by atoms with E-state index >= 15 is 0 Å². The summed E-state index contributed by atoms with van der Waals surface area (Å²) in [4.78, 5) is 20.9. The van der Waals surface area contributed by atoms with Crippen molar-refractivity contribution in [3.63, 3.8) is 0 Å². The summed E-state index contributed by atoms with van der Waals surface area (Å²) < 4.78 is 5.42. The molecule has 200 valence electrons. The first-order valence-electron chi connectivity index (χ1n) is 14.8. The molecular formula is C32H50N2O2. The summed E-state index contributed by atoms with van der Waals surface area (Å²) in [6, 6.07) is 8.54. The minimum absolute atomic E-state index is 0.195. The van der Waals surface area contributed by atoms with Crippen LogP contribution in [0, 0.1) is 0 Å². The lowest BCUT2D eigenvalue weighted by Gasteiger charge is -2.06. The minimum Gasteiger partial charge on any atom is -0.423 e. The number of unbranched alkanes of at least 4 members (excludes halogenated alkanes) is 15. The lowest BCUT2D eigenvalue weighted by atomic mass is 10.0. The van der Waals surface area contributed by atoms with Crippen molar-refractivity contribution in [1.82, 2.24) is 9.97 Å². The minimum atomic E-state index is -0.195. The van der Waals surface area contributed by atoms with Crippen molar-refractivity contribution in [2.24, 2.45) is 0 Å². The molecule has 0 radical (unpaired) electrons. The molecule has 4 nitrogen and oxygen atoms in total. The number of hydrogen-bond acceptors (Lipinski definition) is 4. The molecule has 0 amide bonds. The van der Waals surface area contributed by atoms with E-state index in [0.29, 0.717) is 18.0 Å². The van der Waals surface area contributed by atoms with E-state index in [4.69, 9.17) is 4.74 Å². The molecule has 36 heavy (non-hydrogen) atoms. The SMILES string of the molecule is CCCCCCCCCCCC(=O)Oc1cnc(-c2ccc(CCCCCCCCCC)cc2)nc1. The highest BCUT2D eigenvalue weighted by Crippen LogP contribution is 2.19. The highest BCUT2D eigenvalue weighted by atomic mass is 16.5. The highest BCUT2D eigenvalue weighted by molar-refractivity contribution is 5.72. The van der Waals surface area contributed by atoms with Gasteiger partial charge in [0.05, 0.1) is 12.4 Å². The Kier molecular flexibility index (Phi) is 16.6. The lowest BCUT2D eigenvalue weighted by molar-refractivity contribution is -0.134. The Morgan fingerprint density at radius 2 is 1.11 bits per heavy atom. The van der Waals surface area contributed by atoms with Crippen LogP contribution in [-0.4, -0.2) is 15.9 Å². The summed E-state index contributed by atoms with van der Waals surface area (Å²) >= 11 is 0. The molecule has 4 heteroatoms. The molecule has 0 aliphatic rings. The van der Waals surface area contributed by atoms with E-state index < -0.39 is 0 Å². The van der Waals surface area contributed by atoms with Crippen molar-refractivity contribution in [3.05, 3.63) is 42.2 Å². The van der Waals surface area contributed by atoms with Gasteiger partial charge in [-0.3, -0.25) is 4.79 Å². The molecular weight excluding hydrogens is 444 g/mol. The standard InChI is InChI=1S/C32H50N2O2/c1-3-5-7-9-11-13-15-17-19-21-31(35)36-30-26-33-32(34-27-30)29-24-22-28(23-25-29)20-18-16-14-12-10-8-6-4-2/h22-27H,3-21H2,1-2H3. The number of esters is 1.